The largest absolute Gasteiger partial charge is 0.467 e. The molecule has 1 atom stereocenters. The average molecular weight is 391 g/mol. The average Bonchev–Trinajstić information content (AvgIpc) is 2.74. The van der Waals surface area contributed by atoms with Crippen molar-refractivity contribution in [2.75, 3.05) is 28.4 Å². The van der Waals surface area contributed by atoms with Gasteiger partial charge in [-0.2, -0.15) is 0 Å². The second kappa shape index (κ2) is 8.55. The minimum Gasteiger partial charge on any atom is -0.467 e. The maximum absolute atomic E-state index is 12.6. The van der Waals surface area contributed by atoms with Crippen LogP contribution >= 0.6 is 0 Å². The molecule has 0 bridgehead atoms. The van der Waals surface area contributed by atoms with Crippen LogP contribution in [-0.2, 0) is 38.1 Å². The van der Waals surface area contributed by atoms with Gasteiger partial charge in [-0.15, -0.1) is 0 Å². The Bertz CT molecular complexity index is 846. The summed E-state index contributed by atoms with van der Waals surface area (Å²) in [4.78, 5) is 51.8. The zero-order chi connectivity index (χ0) is 21.0. The first-order valence-corrected chi connectivity index (χ1v) is 8.35. The molecule has 28 heavy (non-hydrogen) atoms. The first-order chi connectivity index (χ1) is 13.4. The summed E-state index contributed by atoms with van der Waals surface area (Å²) in [5.74, 6) is -3.63. The molecule has 0 aromatic rings. The van der Waals surface area contributed by atoms with Crippen molar-refractivity contribution in [2.24, 2.45) is 0 Å². The van der Waals surface area contributed by atoms with Crippen molar-refractivity contribution in [1.29, 1.82) is 0 Å². The fourth-order valence-electron chi connectivity index (χ4n) is 3.17. The Kier molecular flexibility index (Phi) is 6.40. The molecule has 0 radical (unpaired) electrons. The van der Waals surface area contributed by atoms with Gasteiger partial charge in [0.25, 0.3) is 0 Å². The molecule has 0 N–H and O–H groups in total. The van der Waals surface area contributed by atoms with Gasteiger partial charge in [0.05, 0.1) is 50.9 Å². The van der Waals surface area contributed by atoms with E-state index in [-0.39, 0.29) is 16.8 Å². The van der Waals surface area contributed by atoms with Gasteiger partial charge in [0, 0.05) is 6.20 Å². The molecule has 9 heteroatoms. The molecule has 2 aliphatic heterocycles. The molecule has 0 aromatic heterocycles. The van der Waals surface area contributed by atoms with Crippen molar-refractivity contribution in [1.82, 2.24) is 4.90 Å². The van der Waals surface area contributed by atoms with Gasteiger partial charge in [-0.05, 0) is 18.1 Å². The molecule has 150 valence electrons. The number of carbonyl (C=O) groups excluding carboxylic acids is 4. The molecule has 0 aliphatic carbocycles. The Morgan fingerprint density at radius 3 is 1.96 bits per heavy atom. The molecule has 0 fully saturated rings. The van der Waals surface area contributed by atoms with E-state index in [1.165, 1.54) is 11.1 Å². The van der Waals surface area contributed by atoms with Crippen molar-refractivity contribution >= 4 is 23.9 Å². The van der Waals surface area contributed by atoms with Crippen LogP contribution in [0.5, 0.6) is 0 Å². The molecule has 0 amide bonds. The molecule has 0 aromatic carbocycles. The lowest BCUT2D eigenvalue weighted by Crippen LogP contribution is -2.48. The number of allylic oxidation sites excluding steroid dienone is 3. The highest BCUT2D eigenvalue weighted by molar-refractivity contribution is 6.15. The molecule has 0 spiro atoms. The maximum Gasteiger partial charge on any atom is 0.340 e. The van der Waals surface area contributed by atoms with E-state index < -0.39 is 35.5 Å². The van der Waals surface area contributed by atoms with Crippen LogP contribution < -0.4 is 0 Å². The summed E-state index contributed by atoms with van der Waals surface area (Å²) in [5, 5.41) is 0. The summed E-state index contributed by atoms with van der Waals surface area (Å²) < 4.78 is 19.3. The maximum atomic E-state index is 12.6. The highest BCUT2D eigenvalue weighted by Gasteiger charge is 2.48. The third kappa shape index (κ3) is 3.30. The highest BCUT2D eigenvalue weighted by Crippen LogP contribution is 2.40. The van der Waals surface area contributed by atoms with Crippen molar-refractivity contribution in [3.05, 3.63) is 46.3 Å². The van der Waals surface area contributed by atoms with Crippen LogP contribution in [0.25, 0.3) is 0 Å². The van der Waals surface area contributed by atoms with Crippen molar-refractivity contribution in [3.8, 4) is 0 Å². The van der Waals surface area contributed by atoms with Crippen LogP contribution in [0.2, 0.25) is 0 Å². The zero-order valence-electron chi connectivity index (χ0n) is 16.2. The lowest BCUT2D eigenvalue weighted by molar-refractivity contribution is -0.148. The Morgan fingerprint density at radius 2 is 1.46 bits per heavy atom. The summed E-state index contributed by atoms with van der Waals surface area (Å²) in [6.45, 7) is 1.84. The number of hydrogen-bond acceptors (Lipinski definition) is 9. The first-order valence-electron chi connectivity index (χ1n) is 8.35. The number of rotatable bonds is 5. The van der Waals surface area contributed by atoms with Gasteiger partial charge in [0.15, 0.2) is 6.04 Å². The Morgan fingerprint density at radius 1 is 0.893 bits per heavy atom. The van der Waals surface area contributed by atoms with Crippen LogP contribution in [0, 0.1) is 0 Å². The lowest BCUT2D eigenvalue weighted by atomic mass is 9.84. The Balaban J connectivity index is 3.01. The van der Waals surface area contributed by atoms with Crippen molar-refractivity contribution in [2.45, 2.75) is 19.4 Å². The molecule has 0 saturated carbocycles. The third-order valence-electron chi connectivity index (χ3n) is 4.40. The van der Waals surface area contributed by atoms with Crippen LogP contribution in [-0.4, -0.2) is 63.3 Å². The van der Waals surface area contributed by atoms with Gasteiger partial charge in [-0.3, -0.25) is 0 Å². The Labute approximate surface area is 161 Å². The second-order valence-electron chi connectivity index (χ2n) is 5.71. The summed E-state index contributed by atoms with van der Waals surface area (Å²) in [6.07, 6.45) is 5.38. The summed E-state index contributed by atoms with van der Waals surface area (Å²) in [6, 6.07) is -1.35. The molecular formula is C19H21NO8. The van der Waals surface area contributed by atoms with E-state index in [4.69, 9.17) is 18.9 Å². The third-order valence-corrected chi connectivity index (χ3v) is 4.40. The monoisotopic (exact) mass is 391 g/mol. The number of fused-ring (bicyclic) bond motifs is 1. The summed E-state index contributed by atoms with van der Waals surface area (Å²) in [7, 11) is 4.49. The van der Waals surface area contributed by atoms with Gasteiger partial charge >= 0.3 is 23.9 Å². The molecule has 2 rings (SSSR count). The SMILES string of the molecule is CCC1=CC=CN2C1=C(C(=O)OC)C(C(=O)OC)=C(C(=O)OC)C2C(=O)OC. The predicted octanol–water partition coefficient (Wildman–Crippen LogP) is 0.777. The minimum absolute atomic E-state index is 0.188. The standard InChI is InChI=1S/C19H21NO8/c1-6-10-8-7-9-20-14(10)12(17(22)26-3)11(16(21)25-2)13(18(23)27-4)15(20)19(24)28-5/h7-9,15H,6H2,1-5H3. The lowest BCUT2D eigenvalue weighted by Gasteiger charge is -2.39. The van der Waals surface area contributed by atoms with Crippen LogP contribution in [0.1, 0.15) is 13.3 Å². The van der Waals surface area contributed by atoms with E-state index >= 15 is 0 Å². The summed E-state index contributed by atoms with van der Waals surface area (Å²) in [5.41, 5.74) is -0.0281. The Hall–Kier alpha value is -3.36. The van der Waals surface area contributed by atoms with Crippen LogP contribution in [0.4, 0.5) is 0 Å². The zero-order valence-corrected chi connectivity index (χ0v) is 16.2. The first kappa shape index (κ1) is 20.9. The predicted molar refractivity (Wildman–Crippen MR) is 95.3 cm³/mol. The van der Waals surface area contributed by atoms with Gasteiger partial charge in [-0.1, -0.05) is 13.0 Å². The van der Waals surface area contributed by atoms with Gasteiger partial charge in [-0.25, -0.2) is 19.2 Å². The molecule has 9 nitrogen and oxygen atoms in total. The van der Waals surface area contributed by atoms with Crippen molar-refractivity contribution < 1.29 is 38.1 Å². The van der Waals surface area contributed by atoms with E-state index in [1.54, 1.807) is 12.2 Å². The van der Waals surface area contributed by atoms with Gasteiger partial charge in [0.2, 0.25) is 0 Å². The van der Waals surface area contributed by atoms with Crippen LogP contribution in [0.3, 0.4) is 0 Å². The van der Waals surface area contributed by atoms with E-state index in [1.807, 2.05) is 6.92 Å². The smallest absolute Gasteiger partial charge is 0.340 e. The van der Waals surface area contributed by atoms with Gasteiger partial charge in [0.1, 0.15) is 0 Å². The number of nitrogens with zero attached hydrogens (tertiary/aromatic N) is 1. The van der Waals surface area contributed by atoms with E-state index in [2.05, 4.69) is 0 Å². The van der Waals surface area contributed by atoms with Crippen molar-refractivity contribution in [3.63, 3.8) is 0 Å². The number of hydrogen-bond donors (Lipinski definition) is 0. The molecule has 2 aliphatic rings. The van der Waals surface area contributed by atoms with Gasteiger partial charge < -0.3 is 23.8 Å². The number of methoxy groups -OCH3 is 4. The number of esters is 4. The normalized spacial score (nSPS) is 18.2. The number of carbonyl (C=O) groups is 4. The second-order valence-corrected chi connectivity index (χ2v) is 5.71. The minimum atomic E-state index is -1.35. The molecular weight excluding hydrogens is 370 g/mol. The fourth-order valence-corrected chi connectivity index (χ4v) is 3.17. The number of ether oxygens (including phenoxy) is 4. The quantitative estimate of drug-likeness (QED) is 0.496. The summed E-state index contributed by atoms with van der Waals surface area (Å²) >= 11 is 0. The highest BCUT2D eigenvalue weighted by atomic mass is 16.5. The van der Waals surface area contributed by atoms with Crippen LogP contribution in [0.15, 0.2) is 46.3 Å². The molecule has 0 saturated heterocycles. The molecule has 1 unspecified atom stereocenters. The molecule has 2 heterocycles. The van der Waals surface area contributed by atoms with E-state index in [0.717, 1.165) is 28.4 Å². The fraction of sp³-hybridized carbons (Fsp3) is 0.368. The van der Waals surface area contributed by atoms with E-state index in [9.17, 15) is 19.2 Å². The topological polar surface area (TPSA) is 108 Å². The van der Waals surface area contributed by atoms with E-state index in [0.29, 0.717) is 12.0 Å².